The highest BCUT2D eigenvalue weighted by Gasteiger charge is 2.13. The molecule has 0 fully saturated rings. The van der Waals surface area contributed by atoms with Gasteiger partial charge in [-0.15, -0.1) is 0 Å². The highest BCUT2D eigenvalue weighted by Crippen LogP contribution is 2.31. The first-order valence-electron chi connectivity index (χ1n) is 8.59. The van der Waals surface area contributed by atoms with Gasteiger partial charge in [-0.3, -0.25) is 4.98 Å². The molecule has 2 aromatic heterocycles. The van der Waals surface area contributed by atoms with E-state index in [0.717, 1.165) is 22.3 Å². The molecule has 0 amide bonds. The second kappa shape index (κ2) is 6.56. The molecule has 0 aliphatic carbocycles. The molecule has 0 atom stereocenters. The molecule has 0 saturated heterocycles. The van der Waals surface area contributed by atoms with Crippen molar-refractivity contribution in [3.8, 4) is 22.5 Å². The van der Waals surface area contributed by atoms with E-state index in [-0.39, 0.29) is 0 Å². The number of aryl methyl sites for hydroxylation is 1. The Balaban J connectivity index is 1.93. The first-order valence-corrected chi connectivity index (χ1v) is 8.59. The number of benzene rings is 2. The van der Waals surface area contributed by atoms with Crippen molar-refractivity contribution in [1.82, 2.24) is 15.0 Å². The SMILES string of the molecule is Cc1ccccc1-c1ccc2nc(-c3cccnc3)nc(N(C)C)c2c1. The number of fused-ring (bicyclic) bond motifs is 1. The monoisotopic (exact) mass is 340 g/mol. The Bertz CT molecular complexity index is 1070. The second-order valence-corrected chi connectivity index (χ2v) is 6.55. The van der Waals surface area contributed by atoms with E-state index in [1.807, 2.05) is 31.1 Å². The smallest absolute Gasteiger partial charge is 0.163 e. The lowest BCUT2D eigenvalue weighted by Crippen LogP contribution is -2.12. The summed E-state index contributed by atoms with van der Waals surface area (Å²) < 4.78 is 0. The fourth-order valence-electron chi connectivity index (χ4n) is 3.14. The third-order valence-corrected chi connectivity index (χ3v) is 4.48. The molecule has 0 aliphatic rings. The molecular formula is C22H20N4. The standard InChI is InChI=1S/C22H20N4/c1-15-7-4-5-9-18(15)16-10-11-20-19(13-16)22(26(2)3)25-21(24-20)17-8-6-12-23-14-17/h4-14H,1-3H3. The van der Waals surface area contributed by atoms with Crippen molar-refractivity contribution in [3.63, 3.8) is 0 Å². The van der Waals surface area contributed by atoms with Gasteiger partial charge in [0.15, 0.2) is 5.82 Å². The Labute approximate surface area is 153 Å². The van der Waals surface area contributed by atoms with E-state index in [2.05, 4.69) is 54.4 Å². The highest BCUT2D eigenvalue weighted by molar-refractivity contribution is 5.94. The molecule has 4 rings (SSSR count). The van der Waals surface area contributed by atoms with Crippen LogP contribution in [0.25, 0.3) is 33.4 Å². The zero-order chi connectivity index (χ0) is 18.1. The quantitative estimate of drug-likeness (QED) is 0.540. The van der Waals surface area contributed by atoms with Gasteiger partial charge in [-0.25, -0.2) is 9.97 Å². The molecule has 0 bridgehead atoms. The zero-order valence-electron chi connectivity index (χ0n) is 15.1. The van der Waals surface area contributed by atoms with Crippen LogP contribution in [0, 0.1) is 6.92 Å². The number of nitrogens with zero attached hydrogens (tertiary/aromatic N) is 4. The molecule has 0 spiro atoms. The number of rotatable bonds is 3. The number of hydrogen-bond donors (Lipinski definition) is 0. The minimum atomic E-state index is 0.693. The van der Waals surface area contributed by atoms with Crippen LogP contribution in [0.5, 0.6) is 0 Å². The second-order valence-electron chi connectivity index (χ2n) is 6.55. The summed E-state index contributed by atoms with van der Waals surface area (Å²) in [5, 5.41) is 1.04. The lowest BCUT2D eigenvalue weighted by Gasteiger charge is -2.16. The van der Waals surface area contributed by atoms with Crippen molar-refractivity contribution in [1.29, 1.82) is 0 Å². The van der Waals surface area contributed by atoms with Crippen LogP contribution >= 0.6 is 0 Å². The Morgan fingerprint density at radius 1 is 0.846 bits per heavy atom. The number of aromatic nitrogens is 3. The van der Waals surface area contributed by atoms with Gasteiger partial charge in [0.05, 0.1) is 5.52 Å². The predicted octanol–water partition coefficient (Wildman–Crippen LogP) is 4.73. The third kappa shape index (κ3) is 2.90. The molecule has 0 aliphatic heterocycles. The van der Waals surface area contributed by atoms with Crippen molar-refractivity contribution >= 4 is 16.7 Å². The summed E-state index contributed by atoms with van der Waals surface area (Å²) in [6, 6.07) is 18.7. The first-order chi connectivity index (χ1) is 12.6. The third-order valence-electron chi connectivity index (χ3n) is 4.48. The average Bonchev–Trinajstić information content (AvgIpc) is 2.67. The van der Waals surface area contributed by atoms with Gasteiger partial charge in [0.25, 0.3) is 0 Å². The number of anilines is 1. The lowest BCUT2D eigenvalue weighted by atomic mass is 9.99. The molecule has 0 unspecified atom stereocenters. The summed E-state index contributed by atoms with van der Waals surface area (Å²) >= 11 is 0. The molecule has 0 N–H and O–H groups in total. The van der Waals surface area contributed by atoms with E-state index < -0.39 is 0 Å². The number of pyridine rings is 1. The van der Waals surface area contributed by atoms with E-state index in [1.54, 1.807) is 12.4 Å². The fourth-order valence-corrected chi connectivity index (χ4v) is 3.14. The molecule has 4 aromatic rings. The first kappa shape index (κ1) is 16.2. The summed E-state index contributed by atoms with van der Waals surface area (Å²) in [5.74, 6) is 1.60. The van der Waals surface area contributed by atoms with Gasteiger partial charge in [0.2, 0.25) is 0 Å². The van der Waals surface area contributed by atoms with Crippen molar-refractivity contribution in [2.75, 3.05) is 19.0 Å². The summed E-state index contributed by atoms with van der Waals surface area (Å²) in [6.07, 6.45) is 3.55. The average molecular weight is 340 g/mol. The van der Waals surface area contributed by atoms with Crippen molar-refractivity contribution < 1.29 is 0 Å². The van der Waals surface area contributed by atoms with Gasteiger partial charge in [0.1, 0.15) is 5.82 Å². The van der Waals surface area contributed by atoms with Crippen LogP contribution in [-0.2, 0) is 0 Å². The van der Waals surface area contributed by atoms with E-state index in [1.165, 1.54) is 16.7 Å². The van der Waals surface area contributed by atoms with Crippen LogP contribution in [0.1, 0.15) is 5.56 Å². The Morgan fingerprint density at radius 3 is 2.42 bits per heavy atom. The number of hydrogen-bond acceptors (Lipinski definition) is 4. The van der Waals surface area contributed by atoms with Gasteiger partial charge < -0.3 is 4.90 Å². The topological polar surface area (TPSA) is 41.9 Å². The normalized spacial score (nSPS) is 10.9. The molecular weight excluding hydrogens is 320 g/mol. The molecule has 2 heterocycles. The largest absolute Gasteiger partial charge is 0.362 e. The molecule has 2 aromatic carbocycles. The maximum absolute atomic E-state index is 4.80. The van der Waals surface area contributed by atoms with Gasteiger partial charge in [-0.2, -0.15) is 0 Å². The van der Waals surface area contributed by atoms with Gasteiger partial charge in [0, 0.05) is 37.4 Å². The Morgan fingerprint density at radius 2 is 1.69 bits per heavy atom. The van der Waals surface area contributed by atoms with E-state index in [9.17, 15) is 0 Å². The molecule has 4 nitrogen and oxygen atoms in total. The van der Waals surface area contributed by atoms with Crippen molar-refractivity contribution in [2.24, 2.45) is 0 Å². The molecule has 0 saturated carbocycles. The Hall–Kier alpha value is -3.27. The Kier molecular flexibility index (Phi) is 4.09. The van der Waals surface area contributed by atoms with E-state index in [0.29, 0.717) is 5.82 Å². The van der Waals surface area contributed by atoms with Crippen molar-refractivity contribution in [3.05, 3.63) is 72.6 Å². The molecule has 0 radical (unpaired) electrons. The van der Waals surface area contributed by atoms with Crippen LogP contribution < -0.4 is 4.90 Å². The van der Waals surface area contributed by atoms with Crippen LogP contribution in [0.15, 0.2) is 67.0 Å². The van der Waals surface area contributed by atoms with Crippen LogP contribution in [-0.4, -0.2) is 29.0 Å². The van der Waals surface area contributed by atoms with E-state index >= 15 is 0 Å². The fraction of sp³-hybridized carbons (Fsp3) is 0.136. The van der Waals surface area contributed by atoms with Crippen LogP contribution in [0.4, 0.5) is 5.82 Å². The minimum absolute atomic E-state index is 0.693. The summed E-state index contributed by atoms with van der Waals surface area (Å²) in [7, 11) is 4.02. The zero-order valence-corrected chi connectivity index (χ0v) is 15.1. The summed E-state index contributed by atoms with van der Waals surface area (Å²) in [4.78, 5) is 15.8. The van der Waals surface area contributed by atoms with Crippen LogP contribution in [0.3, 0.4) is 0 Å². The predicted molar refractivity (Wildman–Crippen MR) is 107 cm³/mol. The minimum Gasteiger partial charge on any atom is -0.362 e. The summed E-state index contributed by atoms with van der Waals surface area (Å²) in [5.41, 5.74) is 5.51. The maximum Gasteiger partial charge on any atom is 0.163 e. The van der Waals surface area contributed by atoms with Gasteiger partial charge >= 0.3 is 0 Å². The molecule has 128 valence electrons. The van der Waals surface area contributed by atoms with Gasteiger partial charge in [-0.05, 0) is 47.9 Å². The van der Waals surface area contributed by atoms with Crippen molar-refractivity contribution in [2.45, 2.75) is 6.92 Å². The lowest BCUT2D eigenvalue weighted by molar-refractivity contribution is 1.06. The highest BCUT2D eigenvalue weighted by atomic mass is 15.2. The maximum atomic E-state index is 4.80. The van der Waals surface area contributed by atoms with E-state index in [4.69, 9.17) is 9.97 Å². The molecule has 26 heavy (non-hydrogen) atoms. The van der Waals surface area contributed by atoms with Crippen LogP contribution in [0.2, 0.25) is 0 Å². The summed E-state index contributed by atoms with van der Waals surface area (Å²) in [6.45, 7) is 2.13. The molecule has 4 heteroatoms. The van der Waals surface area contributed by atoms with Gasteiger partial charge in [-0.1, -0.05) is 30.3 Å².